The van der Waals surface area contributed by atoms with E-state index in [1.54, 1.807) is 36.4 Å². The Morgan fingerprint density at radius 3 is 2.37 bits per heavy atom. The van der Waals surface area contributed by atoms with E-state index < -0.39 is 10.0 Å². The number of rotatable bonds is 7. The van der Waals surface area contributed by atoms with E-state index in [-0.39, 0.29) is 23.8 Å². The van der Waals surface area contributed by atoms with Crippen molar-refractivity contribution in [2.45, 2.75) is 25.2 Å². The van der Waals surface area contributed by atoms with Gasteiger partial charge in [-0.05, 0) is 55.3 Å². The number of benzene rings is 2. The highest BCUT2D eigenvalue weighted by molar-refractivity contribution is 7.89. The molecule has 0 aliphatic heterocycles. The van der Waals surface area contributed by atoms with Crippen LogP contribution in [-0.2, 0) is 14.8 Å². The van der Waals surface area contributed by atoms with Gasteiger partial charge >= 0.3 is 0 Å². The first-order valence-corrected chi connectivity index (χ1v) is 10.3. The number of anilines is 2. The minimum absolute atomic E-state index is 0.00457. The first kappa shape index (κ1) is 21.2. The fourth-order valence-corrected chi connectivity index (χ4v) is 3.90. The number of carbonyl (C=O) groups excluding carboxylic acids is 1. The van der Waals surface area contributed by atoms with E-state index in [9.17, 15) is 13.2 Å². The highest BCUT2D eigenvalue weighted by atomic mass is 35.5. The number of hydrogen-bond donors (Lipinski definition) is 2. The van der Waals surface area contributed by atoms with Crippen molar-refractivity contribution in [3.63, 3.8) is 0 Å². The quantitative estimate of drug-likeness (QED) is 0.735. The van der Waals surface area contributed by atoms with Crippen molar-refractivity contribution < 1.29 is 13.2 Å². The Morgan fingerprint density at radius 1 is 1.07 bits per heavy atom. The summed E-state index contributed by atoms with van der Waals surface area (Å²) in [6.07, 6.45) is 0.0110. The molecule has 2 aromatic carbocycles. The predicted octanol–water partition coefficient (Wildman–Crippen LogP) is 3.33. The van der Waals surface area contributed by atoms with Crippen molar-refractivity contribution in [3.8, 4) is 0 Å². The van der Waals surface area contributed by atoms with E-state index in [2.05, 4.69) is 10.0 Å². The van der Waals surface area contributed by atoms with Gasteiger partial charge in [0.1, 0.15) is 0 Å². The summed E-state index contributed by atoms with van der Waals surface area (Å²) >= 11 is 6.18. The van der Waals surface area contributed by atoms with E-state index in [4.69, 9.17) is 11.6 Å². The van der Waals surface area contributed by atoms with Gasteiger partial charge in [-0.2, -0.15) is 0 Å². The molecular weight excluding hydrogens is 386 g/mol. The molecule has 0 radical (unpaired) electrons. The lowest BCUT2D eigenvalue weighted by molar-refractivity contribution is -0.116. The van der Waals surface area contributed by atoms with Gasteiger partial charge in [-0.25, -0.2) is 13.1 Å². The molecule has 0 aliphatic rings. The molecule has 146 valence electrons. The summed E-state index contributed by atoms with van der Waals surface area (Å²) in [5.41, 5.74) is 3.32. The summed E-state index contributed by atoms with van der Waals surface area (Å²) in [5, 5.41) is 3.24. The molecule has 2 aromatic rings. The molecular formula is C19H24ClN3O3S. The zero-order valence-corrected chi connectivity index (χ0v) is 17.4. The van der Waals surface area contributed by atoms with E-state index >= 15 is 0 Å². The normalized spacial score (nSPS) is 11.3. The van der Waals surface area contributed by atoms with Gasteiger partial charge in [0.2, 0.25) is 15.9 Å². The number of halogens is 1. The van der Waals surface area contributed by atoms with Crippen molar-refractivity contribution in [2.24, 2.45) is 0 Å². The molecule has 6 nitrogen and oxygen atoms in total. The van der Waals surface area contributed by atoms with Gasteiger partial charge in [0.15, 0.2) is 0 Å². The van der Waals surface area contributed by atoms with Crippen LogP contribution in [0.4, 0.5) is 11.4 Å². The average molecular weight is 410 g/mol. The fraction of sp³-hybridized carbons (Fsp3) is 0.316. The number of sulfonamides is 1. The van der Waals surface area contributed by atoms with Crippen LogP contribution in [-0.4, -0.2) is 35.0 Å². The summed E-state index contributed by atoms with van der Waals surface area (Å²) in [4.78, 5) is 14.1. The molecule has 0 atom stereocenters. The molecule has 0 saturated heterocycles. The summed E-state index contributed by atoms with van der Waals surface area (Å²) in [6, 6.07) is 10.1. The maximum atomic E-state index is 12.3. The van der Waals surface area contributed by atoms with Gasteiger partial charge in [-0.1, -0.05) is 17.7 Å². The predicted molar refractivity (Wildman–Crippen MR) is 110 cm³/mol. The molecule has 2 rings (SSSR count). The zero-order chi connectivity index (χ0) is 20.2. The van der Waals surface area contributed by atoms with Crippen LogP contribution >= 0.6 is 11.6 Å². The van der Waals surface area contributed by atoms with Gasteiger partial charge in [0, 0.05) is 32.7 Å². The van der Waals surface area contributed by atoms with Crippen molar-refractivity contribution in [3.05, 3.63) is 52.5 Å². The van der Waals surface area contributed by atoms with Crippen LogP contribution in [0.1, 0.15) is 17.5 Å². The van der Waals surface area contributed by atoms with E-state index in [1.165, 1.54) is 0 Å². The first-order valence-electron chi connectivity index (χ1n) is 8.44. The van der Waals surface area contributed by atoms with Crippen molar-refractivity contribution >= 4 is 38.9 Å². The van der Waals surface area contributed by atoms with Crippen LogP contribution in [0.5, 0.6) is 0 Å². The Bertz CT molecular complexity index is 943. The summed E-state index contributed by atoms with van der Waals surface area (Å²) in [7, 11) is 0.106. The fourth-order valence-electron chi connectivity index (χ4n) is 2.43. The Labute approximate surface area is 165 Å². The van der Waals surface area contributed by atoms with Crippen LogP contribution in [0.25, 0.3) is 0 Å². The standard InChI is InChI=1S/C19H24ClN3O3S/c1-13-5-7-16(11-14(13)2)27(25,26)21-10-9-19(24)22-15-6-8-18(23(3)4)17(20)12-15/h5-8,11-12,21H,9-10H2,1-4H3,(H,22,24). The Hall–Kier alpha value is -2.09. The lowest BCUT2D eigenvalue weighted by Crippen LogP contribution is -2.28. The molecule has 0 aromatic heterocycles. The Kier molecular flexibility index (Phi) is 6.86. The van der Waals surface area contributed by atoms with Gasteiger partial charge < -0.3 is 10.2 Å². The third kappa shape index (κ3) is 5.69. The third-order valence-corrected chi connectivity index (χ3v) is 5.91. The molecule has 0 saturated carbocycles. The zero-order valence-electron chi connectivity index (χ0n) is 15.8. The van der Waals surface area contributed by atoms with Gasteiger partial charge in [-0.15, -0.1) is 0 Å². The second kappa shape index (κ2) is 8.73. The van der Waals surface area contributed by atoms with Crippen LogP contribution in [0.3, 0.4) is 0 Å². The highest BCUT2D eigenvalue weighted by Gasteiger charge is 2.15. The van der Waals surface area contributed by atoms with Crippen molar-refractivity contribution in [2.75, 3.05) is 30.9 Å². The van der Waals surface area contributed by atoms with E-state index in [0.29, 0.717) is 10.7 Å². The maximum absolute atomic E-state index is 12.3. The Balaban J connectivity index is 1.92. The van der Waals surface area contributed by atoms with Gasteiger partial charge in [-0.3, -0.25) is 4.79 Å². The van der Waals surface area contributed by atoms with E-state index in [0.717, 1.165) is 16.8 Å². The molecule has 0 bridgehead atoms. The maximum Gasteiger partial charge on any atom is 0.240 e. The molecule has 0 aliphatic carbocycles. The lowest BCUT2D eigenvalue weighted by Gasteiger charge is -2.15. The Morgan fingerprint density at radius 2 is 1.78 bits per heavy atom. The summed E-state index contributed by atoms with van der Waals surface area (Å²) in [5.74, 6) is -0.300. The SMILES string of the molecule is Cc1ccc(S(=O)(=O)NCCC(=O)Nc2ccc(N(C)C)c(Cl)c2)cc1C. The van der Waals surface area contributed by atoms with Gasteiger partial charge in [0.25, 0.3) is 0 Å². The van der Waals surface area contributed by atoms with Gasteiger partial charge in [0.05, 0.1) is 15.6 Å². The molecule has 27 heavy (non-hydrogen) atoms. The van der Waals surface area contributed by atoms with Crippen LogP contribution in [0.15, 0.2) is 41.3 Å². The smallest absolute Gasteiger partial charge is 0.240 e. The van der Waals surface area contributed by atoms with Crippen LogP contribution in [0.2, 0.25) is 5.02 Å². The monoisotopic (exact) mass is 409 g/mol. The molecule has 1 amide bonds. The van der Waals surface area contributed by atoms with Crippen molar-refractivity contribution in [1.29, 1.82) is 0 Å². The summed E-state index contributed by atoms with van der Waals surface area (Å²) < 4.78 is 27.1. The van der Waals surface area contributed by atoms with Crippen LogP contribution < -0.4 is 14.9 Å². The highest BCUT2D eigenvalue weighted by Crippen LogP contribution is 2.27. The van der Waals surface area contributed by atoms with E-state index in [1.807, 2.05) is 32.8 Å². The third-order valence-electron chi connectivity index (χ3n) is 4.15. The number of nitrogens with one attached hydrogen (secondary N) is 2. The molecule has 0 fully saturated rings. The largest absolute Gasteiger partial charge is 0.376 e. The second-order valence-electron chi connectivity index (χ2n) is 6.50. The molecule has 0 spiro atoms. The number of hydrogen-bond acceptors (Lipinski definition) is 4. The molecule has 0 unspecified atom stereocenters. The minimum atomic E-state index is -3.65. The lowest BCUT2D eigenvalue weighted by atomic mass is 10.1. The molecule has 8 heteroatoms. The number of nitrogens with zero attached hydrogens (tertiary/aromatic N) is 1. The average Bonchev–Trinajstić information content (AvgIpc) is 2.56. The molecule has 0 heterocycles. The summed E-state index contributed by atoms with van der Waals surface area (Å²) in [6.45, 7) is 3.78. The van der Waals surface area contributed by atoms with Crippen LogP contribution in [0, 0.1) is 13.8 Å². The minimum Gasteiger partial charge on any atom is -0.376 e. The topological polar surface area (TPSA) is 78.5 Å². The second-order valence-corrected chi connectivity index (χ2v) is 8.68. The molecule has 2 N–H and O–H groups in total. The number of amides is 1. The first-order chi connectivity index (χ1) is 12.6. The van der Waals surface area contributed by atoms with Crippen molar-refractivity contribution in [1.82, 2.24) is 4.72 Å². The number of aryl methyl sites for hydroxylation is 2. The number of carbonyl (C=O) groups is 1.